The largest absolute Gasteiger partial charge is 0.307 e. The first-order chi connectivity index (χ1) is 7.32. The van der Waals surface area contributed by atoms with Crippen molar-refractivity contribution in [3.8, 4) is 0 Å². The van der Waals surface area contributed by atoms with Gasteiger partial charge in [0.25, 0.3) is 0 Å². The molecule has 0 heterocycles. The van der Waals surface area contributed by atoms with E-state index in [1.54, 1.807) is 0 Å². The Kier molecular flexibility index (Phi) is 7.74. The summed E-state index contributed by atoms with van der Waals surface area (Å²) in [5, 5.41) is 0. The van der Waals surface area contributed by atoms with E-state index in [9.17, 15) is 0 Å². The van der Waals surface area contributed by atoms with Crippen LogP contribution in [0.5, 0.6) is 0 Å². The summed E-state index contributed by atoms with van der Waals surface area (Å²) in [6, 6.07) is 0.709. The molecule has 1 nitrogen and oxygen atoms in total. The van der Waals surface area contributed by atoms with Crippen molar-refractivity contribution in [1.29, 1.82) is 0 Å². The topological polar surface area (TPSA) is 3.24 Å². The number of allylic oxidation sites excluding steroid dienone is 2. The lowest BCUT2D eigenvalue weighted by Gasteiger charge is -2.22. The monoisotopic (exact) mass is 225 g/mol. The third-order valence-electron chi connectivity index (χ3n) is 3.35. The maximum absolute atomic E-state index is 2.39. The first-order valence-corrected chi connectivity index (χ1v) is 6.64. The van der Waals surface area contributed by atoms with E-state index in [0.717, 1.165) is 11.8 Å². The Hall–Kier alpha value is -0.300. The molecule has 0 saturated heterocycles. The van der Waals surface area contributed by atoms with Crippen LogP contribution < -0.4 is 0 Å². The van der Waals surface area contributed by atoms with Crippen molar-refractivity contribution in [2.75, 3.05) is 14.1 Å². The molecule has 16 heavy (non-hydrogen) atoms. The zero-order chi connectivity index (χ0) is 12.7. The fourth-order valence-electron chi connectivity index (χ4n) is 2.17. The zero-order valence-corrected chi connectivity index (χ0v) is 12.4. The van der Waals surface area contributed by atoms with Gasteiger partial charge in [-0.15, -0.1) is 0 Å². The lowest BCUT2D eigenvalue weighted by Crippen LogP contribution is -2.25. The van der Waals surface area contributed by atoms with E-state index in [0.29, 0.717) is 6.04 Å². The minimum atomic E-state index is 0.709. The molecule has 0 spiro atoms. The molecule has 3 atom stereocenters. The van der Waals surface area contributed by atoms with Crippen molar-refractivity contribution in [2.45, 2.75) is 59.9 Å². The quantitative estimate of drug-likeness (QED) is 0.582. The molecule has 0 radical (unpaired) electrons. The molecule has 0 aliphatic rings. The van der Waals surface area contributed by atoms with Crippen LogP contribution in [0.3, 0.4) is 0 Å². The van der Waals surface area contributed by atoms with Crippen molar-refractivity contribution in [3.05, 3.63) is 11.6 Å². The molecule has 0 saturated carbocycles. The van der Waals surface area contributed by atoms with Crippen LogP contribution in [0.15, 0.2) is 11.6 Å². The highest BCUT2D eigenvalue weighted by atomic mass is 15.1. The number of nitrogens with zero attached hydrogens (tertiary/aromatic N) is 1. The Morgan fingerprint density at radius 1 is 1.06 bits per heavy atom. The highest BCUT2D eigenvalue weighted by molar-refractivity contribution is 4.96. The minimum absolute atomic E-state index is 0.709. The van der Waals surface area contributed by atoms with Crippen LogP contribution in [0.2, 0.25) is 0 Å². The molecular formula is C15H31N. The summed E-state index contributed by atoms with van der Waals surface area (Å²) in [4.78, 5) is 2.31. The molecule has 0 aromatic heterocycles. The average molecular weight is 225 g/mol. The van der Waals surface area contributed by atoms with Gasteiger partial charge in [-0.25, -0.2) is 0 Å². The molecule has 0 N–H and O–H groups in total. The Bertz CT molecular complexity index is 201. The molecule has 0 aliphatic carbocycles. The van der Waals surface area contributed by atoms with Crippen LogP contribution in [0.25, 0.3) is 0 Å². The van der Waals surface area contributed by atoms with Crippen LogP contribution in [-0.4, -0.2) is 25.0 Å². The van der Waals surface area contributed by atoms with Gasteiger partial charge in [0.2, 0.25) is 0 Å². The Morgan fingerprint density at radius 3 is 2.06 bits per heavy atom. The SMILES string of the molecule is CC(C)=CC(C)CC(C)CCC(C)N(C)C. The van der Waals surface area contributed by atoms with E-state index in [1.165, 1.54) is 24.8 Å². The van der Waals surface area contributed by atoms with Gasteiger partial charge in [0.15, 0.2) is 0 Å². The molecule has 0 bridgehead atoms. The Morgan fingerprint density at radius 2 is 1.62 bits per heavy atom. The zero-order valence-electron chi connectivity index (χ0n) is 12.4. The number of rotatable bonds is 7. The normalized spacial score (nSPS) is 17.0. The lowest BCUT2D eigenvalue weighted by atomic mass is 9.91. The van der Waals surface area contributed by atoms with Gasteiger partial charge in [-0.1, -0.05) is 25.5 Å². The molecule has 3 unspecified atom stereocenters. The van der Waals surface area contributed by atoms with Crippen LogP contribution in [-0.2, 0) is 0 Å². The van der Waals surface area contributed by atoms with E-state index >= 15 is 0 Å². The predicted octanol–water partition coefficient (Wildman–Crippen LogP) is 4.35. The first kappa shape index (κ1) is 15.7. The third kappa shape index (κ3) is 7.92. The van der Waals surface area contributed by atoms with E-state index in [2.05, 4.69) is 59.7 Å². The lowest BCUT2D eigenvalue weighted by molar-refractivity contribution is 0.274. The highest BCUT2D eigenvalue weighted by Gasteiger charge is 2.10. The second-order valence-electron chi connectivity index (χ2n) is 5.95. The molecule has 96 valence electrons. The van der Waals surface area contributed by atoms with Crippen LogP contribution in [0, 0.1) is 11.8 Å². The van der Waals surface area contributed by atoms with Gasteiger partial charge >= 0.3 is 0 Å². The molecule has 0 aliphatic heterocycles. The summed E-state index contributed by atoms with van der Waals surface area (Å²) in [6.45, 7) is 11.4. The Balaban J connectivity index is 3.82. The summed E-state index contributed by atoms with van der Waals surface area (Å²) >= 11 is 0. The van der Waals surface area contributed by atoms with Gasteiger partial charge in [-0.05, 0) is 66.0 Å². The average Bonchev–Trinajstić information content (AvgIpc) is 2.12. The number of hydrogen-bond acceptors (Lipinski definition) is 1. The van der Waals surface area contributed by atoms with Gasteiger partial charge in [0.05, 0.1) is 0 Å². The van der Waals surface area contributed by atoms with Crippen LogP contribution >= 0.6 is 0 Å². The van der Waals surface area contributed by atoms with Gasteiger partial charge in [-0.3, -0.25) is 0 Å². The Labute approximate surface area is 103 Å². The summed E-state index contributed by atoms with van der Waals surface area (Å²) in [7, 11) is 4.34. The maximum atomic E-state index is 2.39. The fraction of sp³-hybridized carbons (Fsp3) is 0.867. The molecule has 0 fully saturated rings. The molecular weight excluding hydrogens is 194 g/mol. The van der Waals surface area contributed by atoms with Crippen LogP contribution in [0.4, 0.5) is 0 Å². The van der Waals surface area contributed by atoms with Crippen molar-refractivity contribution >= 4 is 0 Å². The van der Waals surface area contributed by atoms with Gasteiger partial charge in [-0.2, -0.15) is 0 Å². The molecule has 0 aromatic carbocycles. The van der Waals surface area contributed by atoms with E-state index in [1.807, 2.05) is 0 Å². The highest BCUT2D eigenvalue weighted by Crippen LogP contribution is 2.20. The van der Waals surface area contributed by atoms with Crippen molar-refractivity contribution in [2.24, 2.45) is 11.8 Å². The van der Waals surface area contributed by atoms with Crippen LogP contribution in [0.1, 0.15) is 53.9 Å². The molecule has 0 amide bonds. The fourth-order valence-corrected chi connectivity index (χ4v) is 2.17. The van der Waals surface area contributed by atoms with Crippen molar-refractivity contribution in [3.63, 3.8) is 0 Å². The summed E-state index contributed by atoms with van der Waals surface area (Å²) in [5.74, 6) is 1.57. The van der Waals surface area contributed by atoms with Gasteiger partial charge in [0, 0.05) is 6.04 Å². The molecule has 0 rings (SSSR count). The predicted molar refractivity (Wildman–Crippen MR) is 74.8 cm³/mol. The summed E-state index contributed by atoms with van der Waals surface area (Å²) < 4.78 is 0. The summed E-state index contributed by atoms with van der Waals surface area (Å²) in [6.07, 6.45) is 6.38. The first-order valence-electron chi connectivity index (χ1n) is 6.64. The maximum Gasteiger partial charge on any atom is 0.00609 e. The number of hydrogen-bond donors (Lipinski definition) is 0. The minimum Gasteiger partial charge on any atom is -0.307 e. The standard InChI is InChI=1S/C15H31N/c1-12(2)10-14(4)11-13(3)8-9-15(5)16(6)7/h10,13-15H,8-9,11H2,1-7H3. The second kappa shape index (κ2) is 7.89. The van der Waals surface area contributed by atoms with Gasteiger partial charge < -0.3 is 4.90 Å². The second-order valence-corrected chi connectivity index (χ2v) is 5.95. The smallest absolute Gasteiger partial charge is 0.00609 e. The third-order valence-corrected chi connectivity index (χ3v) is 3.35. The van der Waals surface area contributed by atoms with E-state index in [-0.39, 0.29) is 0 Å². The molecule has 1 heteroatoms. The van der Waals surface area contributed by atoms with Gasteiger partial charge in [0.1, 0.15) is 0 Å². The van der Waals surface area contributed by atoms with E-state index < -0.39 is 0 Å². The van der Waals surface area contributed by atoms with Crippen molar-refractivity contribution < 1.29 is 0 Å². The molecule has 0 aromatic rings. The van der Waals surface area contributed by atoms with E-state index in [4.69, 9.17) is 0 Å². The summed E-state index contributed by atoms with van der Waals surface area (Å²) in [5.41, 5.74) is 1.45. The van der Waals surface area contributed by atoms with Crippen molar-refractivity contribution in [1.82, 2.24) is 4.90 Å².